The summed E-state index contributed by atoms with van der Waals surface area (Å²) in [5.74, 6) is 0.599. The maximum atomic E-state index is 11.1. The number of fused-ring (bicyclic) bond motifs is 1. The highest BCUT2D eigenvalue weighted by Gasteiger charge is 2.10. The van der Waals surface area contributed by atoms with Crippen LogP contribution in [0.5, 0.6) is 0 Å². The summed E-state index contributed by atoms with van der Waals surface area (Å²) < 4.78 is 24.5. The average molecular weight is 339 g/mol. The number of pyridine rings is 1. The van der Waals surface area contributed by atoms with E-state index in [4.69, 9.17) is 11.6 Å². The molecule has 2 aromatic rings. The molecule has 0 aliphatic carbocycles. The van der Waals surface area contributed by atoms with Gasteiger partial charge in [0.25, 0.3) is 0 Å². The molecule has 0 bridgehead atoms. The molecule has 0 aliphatic rings. The maximum absolute atomic E-state index is 11.1. The summed E-state index contributed by atoms with van der Waals surface area (Å²) in [7, 11) is -1.43. The molecule has 0 radical (unpaired) electrons. The van der Waals surface area contributed by atoms with E-state index in [-0.39, 0.29) is 6.54 Å². The highest BCUT2D eigenvalue weighted by atomic mass is 35.5. The number of aromatic nitrogens is 1. The predicted molar refractivity (Wildman–Crippen MR) is 87.6 cm³/mol. The number of hydrogen-bond donors (Lipinski definition) is 1. The Labute approximate surface area is 134 Å². The fourth-order valence-electron chi connectivity index (χ4n) is 1.99. The molecule has 8 heteroatoms. The number of anilines is 1. The molecule has 0 fully saturated rings. The van der Waals surface area contributed by atoms with Crippen molar-refractivity contribution in [2.45, 2.75) is 0 Å². The van der Waals surface area contributed by atoms with E-state index in [1.807, 2.05) is 0 Å². The van der Waals surface area contributed by atoms with Crippen LogP contribution in [0.1, 0.15) is 5.56 Å². The first-order chi connectivity index (χ1) is 10.3. The van der Waals surface area contributed by atoms with Gasteiger partial charge < -0.3 is 4.90 Å². The van der Waals surface area contributed by atoms with Crippen LogP contribution >= 0.6 is 11.6 Å². The Morgan fingerprint density at radius 2 is 2.14 bits per heavy atom. The summed E-state index contributed by atoms with van der Waals surface area (Å²) >= 11 is 5.95. The van der Waals surface area contributed by atoms with E-state index in [9.17, 15) is 13.7 Å². The second-order valence-corrected chi connectivity index (χ2v) is 7.16. The summed E-state index contributed by atoms with van der Waals surface area (Å²) in [6, 6.07) is 8.98. The quantitative estimate of drug-likeness (QED) is 0.897. The van der Waals surface area contributed by atoms with Gasteiger partial charge in [-0.1, -0.05) is 11.6 Å². The molecule has 1 N–H and O–H groups in total. The van der Waals surface area contributed by atoms with Crippen molar-refractivity contribution >= 4 is 38.3 Å². The van der Waals surface area contributed by atoms with Crippen LogP contribution in [0, 0.1) is 11.3 Å². The van der Waals surface area contributed by atoms with Gasteiger partial charge >= 0.3 is 0 Å². The molecule has 0 aliphatic heterocycles. The van der Waals surface area contributed by atoms with Gasteiger partial charge in [0.1, 0.15) is 5.82 Å². The van der Waals surface area contributed by atoms with Crippen LogP contribution in [0.4, 0.5) is 5.82 Å². The Kier molecular flexibility index (Phi) is 4.86. The van der Waals surface area contributed by atoms with Crippen LogP contribution < -0.4 is 9.62 Å². The molecule has 0 atom stereocenters. The minimum Gasteiger partial charge on any atom is -0.358 e. The molecule has 0 saturated carbocycles. The molecule has 0 spiro atoms. The largest absolute Gasteiger partial charge is 0.358 e. The van der Waals surface area contributed by atoms with Crippen LogP contribution in [-0.2, 0) is 10.0 Å². The number of nitrogens with one attached hydrogen (secondary N) is 1. The number of benzene rings is 1. The number of sulfonamides is 1. The Bertz CT molecular complexity index is 846. The van der Waals surface area contributed by atoms with Crippen molar-refractivity contribution in [1.29, 1.82) is 5.26 Å². The van der Waals surface area contributed by atoms with E-state index in [1.54, 1.807) is 36.2 Å². The molecule has 116 valence electrons. The Balaban J connectivity index is 2.28. The molecule has 1 aromatic carbocycles. The molecular formula is C14H15ClN4O2S. The number of nitrogens with zero attached hydrogens (tertiary/aromatic N) is 3. The molecule has 1 aromatic heterocycles. The molecule has 0 unspecified atom stereocenters. The van der Waals surface area contributed by atoms with Crippen molar-refractivity contribution in [3.05, 3.63) is 34.9 Å². The van der Waals surface area contributed by atoms with Gasteiger partial charge in [-0.05, 0) is 24.3 Å². The van der Waals surface area contributed by atoms with Crippen molar-refractivity contribution in [1.82, 2.24) is 9.71 Å². The number of hydrogen-bond acceptors (Lipinski definition) is 5. The number of halogens is 1. The Morgan fingerprint density at radius 1 is 1.41 bits per heavy atom. The molecular weight excluding hydrogens is 324 g/mol. The predicted octanol–water partition coefficient (Wildman–Crippen LogP) is 1.75. The van der Waals surface area contributed by atoms with Gasteiger partial charge in [-0.3, -0.25) is 0 Å². The van der Waals surface area contributed by atoms with E-state index < -0.39 is 10.0 Å². The molecule has 1 heterocycles. The third kappa shape index (κ3) is 4.07. The molecule has 22 heavy (non-hydrogen) atoms. The van der Waals surface area contributed by atoms with E-state index in [1.165, 1.54) is 0 Å². The SMILES string of the molecule is CN(CCNS(C)(=O)=O)c1cc(C#N)c2cc(Cl)ccc2n1. The lowest BCUT2D eigenvalue weighted by molar-refractivity contribution is 0.587. The summed E-state index contributed by atoms with van der Waals surface area (Å²) in [5, 5.41) is 10.5. The van der Waals surface area contributed by atoms with Gasteiger partial charge in [-0.15, -0.1) is 0 Å². The van der Waals surface area contributed by atoms with Gasteiger partial charge in [0.2, 0.25) is 10.0 Å². The minimum absolute atomic E-state index is 0.261. The highest BCUT2D eigenvalue weighted by Crippen LogP contribution is 2.24. The van der Waals surface area contributed by atoms with Gasteiger partial charge in [0.15, 0.2) is 0 Å². The number of nitriles is 1. The molecule has 2 rings (SSSR count). The van der Waals surface area contributed by atoms with Gasteiger partial charge in [0, 0.05) is 30.5 Å². The van der Waals surface area contributed by atoms with Crippen molar-refractivity contribution in [3.8, 4) is 6.07 Å². The second-order valence-electron chi connectivity index (χ2n) is 4.89. The lowest BCUT2D eigenvalue weighted by Gasteiger charge is -2.19. The first-order valence-electron chi connectivity index (χ1n) is 6.46. The lowest BCUT2D eigenvalue weighted by Crippen LogP contribution is -2.32. The summed E-state index contributed by atoms with van der Waals surface area (Å²) in [4.78, 5) is 6.26. The molecule has 6 nitrogen and oxygen atoms in total. The first-order valence-corrected chi connectivity index (χ1v) is 8.73. The van der Waals surface area contributed by atoms with E-state index in [0.717, 1.165) is 6.26 Å². The average Bonchev–Trinajstić information content (AvgIpc) is 2.44. The van der Waals surface area contributed by atoms with E-state index >= 15 is 0 Å². The third-order valence-electron chi connectivity index (χ3n) is 3.08. The lowest BCUT2D eigenvalue weighted by atomic mass is 10.1. The van der Waals surface area contributed by atoms with Gasteiger partial charge in [-0.25, -0.2) is 18.1 Å². The number of likely N-dealkylation sites (N-methyl/N-ethyl adjacent to an activating group) is 1. The topological polar surface area (TPSA) is 86.1 Å². The monoisotopic (exact) mass is 338 g/mol. The first kappa shape index (κ1) is 16.5. The Hall–Kier alpha value is -1.88. The van der Waals surface area contributed by atoms with Gasteiger partial charge in [-0.2, -0.15) is 5.26 Å². The zero-order valence-corrected chi connectivity index (χ0v) is 13.7. The molecule has 0 amide bonds. The van der Waals surface area contributed by atoms with Crippen molar-refractivity contribution in [3.63, 3.8) is 0 Å². The Morgan fingerprint density at radius 3 is 2.77 bits per heavy atom. The normalized spacial score (nSPS) is 11.4. The van der Waals surface area contributed by atoms with E-state index in [0.29, 0.717) is 33.9 Å². The van der Waals surface area contributed by atoms with Crippen LogP contribution in [0.25, 0.3) is 10.9 Å². The number of rotatable bonds is 5. The van der Waals surface area contributed by atoms with Gasteiger partial charge in [0.05, 0.1) is 23.4 Å². The van der Waals surface area contributed by atoms with Crippen molar-refractivity contribution < 1.29 is 8.42 Å². The summed E-state index contributed by atoms with van der Waals surface area (Å²) in [6.45, 7) is 0.696. The standard InChI is InChI=1S/C14H15ClN4O2S/c1-19(6-5-17-22(2,20)21)14-7-10(9-16)12-8-11(15)3-4-13(12)18-14/h3-4,7-8,17H,5-6H2,1-2H3. The second kappa shape index (κ2) is 6.48. The fraction of sp³-hybridized carbons (Fsp3) is 0.286. The minimum atomic E-state index is -3.22. The molecule has 0 saturated heterocycles. The summed E-state index contributed by atoms with van der Waals surface area (Å²) in [6.07, 6.45) is 1.11. The summed E-state index contributed by atoms with van der Waals surface area (Å²) in [5.41, 5.74) is 1.15. The van der Waals surface area contributed by atoms with Crippen molar-refractivity contribution in [2.24, 2.45) is 0 Å². The van der Waals surface area contributed by atoms with Crippen LogP contribution in [0.2, 0.25) is 5.02 Å². The fourth-order valence-corrected chi connectivity index (χ4v) is 2.62. The van der Waals surface area contributed by atoms with Crippen molar-refractivity contribution in [2.75, 3.05) is 31.3 Å². The van der Waals surface area contributed by atoms with Crippen LogP contribution in [0.3, 0.4) is 0 Å². The maximum Gasteiger partial charge on any atom is 0.208 e. The highest BCUT2D eigenvalue weighted by molar-refractivity contribution is 7.88. The van der Waals surface area contributed by atoms with E-state index in [2.05, 4.69) is 15.8 Å². The smallest absolute Gasteiger partial charge is 0.208 e. The van der Waals surface area contributed by atoms with Crippen LogP contribution in [-0.4, -0.2) is 39.8 Å². The zero-order chi connectivity index (χ0) is 16.3. The third-order valence-corrected chi connectivity index (χ3v) is 4.04. The van der Waals surface area contributed by atoms with Crippen LogP contribution in [0.15, 0.2) is 24.3 Å². The zero-order valence-electron chi connectivity index (χ0n) is 12.2.